The Labute approximate surface area is 214 Å². The van der Waals surface area contributed by atoms with Crippen LogP contribution in [0.2, 0.25) is 0 Å². The molecule has 200 valence electrons. The predicted molar refractivity (Wildman–Crippen MR) is 132 cm³/mol. The summed E-state index contributed by atoms with van der Waals surface area (Å²) in [6, 6.07) is 9.21. The molecular formula is C21H28N8O6S2. The van der Waals surface area contributed by atoms with E-state index in [-0.39, 0.29) is 17.6 Å². The number of alkyl carbamates (subject to hydrolysis) is 1. The van der Waals surface area contributed by atoms with Crippen LogP contribution >= 0.6 is 0 Å². The summed E-state index contributed by atoms with van der Waals surface area (Å²) in [5.74, 6) is 0. The number of hydrogen-bond donors (Lipinski definition) is 8. The van der Waals surface area contributed by atoms with Crippen molar-refractivity contribution < 1.29 is 26.4 Å². The van der Waals surface area contributed by atoms with Crippen molar-refractivity contribution in [1.29, 1.82) is 0 Å². The molecule has 2 aromatic rings. The molecule has 16 heteroatoms. The minimum absolute atomic E-state index is 0.113. The normalized spacial score (nSPS) is 24.8. The highest BCUT2D eigenvalue weighted by atomic mass is 32.2. The van der Waals surface area contributed by atoms with Crippen LogP contribution in [0.4, 0.5) is 4.79 Å². The maximum absolute atomic E-state index is 13.3. The summed E-state index contributed by atoms with van der Waals surface area (Å²) in [5, 5.41) is 11.4. The Bertz CT molecular complexity index is 1410. The molecule has 3 aliphatic rings. The van der Waals surface area contributed by atoms with Crippen molar-refractivity contribution >= 4 is 26.1 Å². The van der Waals surface area contributed by atoms with E-state index >= 15 is 0 Å². The molecule has 1 amide bonds. The third kappa shape index (κ3) is 5.20. The van der Waals surface area contributed by atoms with Crippen LogP contribution in [0.15, 0.2) is 46.2 Å². The molecule has 0 spiro atoms. The van der Waals surface area contributed by atoms with E-state index in [2.05, 4.69) is 37.3 Å². The molecular weight excluding hydrogens is 524 g/mol. The lowest BCUT2D eigenvalue weighted by atomic mass is 9.95. The highest BCUT2D eigenvalue weighted by molar-refractivity contribution is 7.92. The minimum Gasteiger partial charge on any atom is -0.439 e. The topological polar surface area (TPSA) is 205 Å². The van der Waals surface area contributed by atoms with Gasteiger partial charge in [-0.2, -0.15) is 11.1 Å². The number of cyclic esters (lactones) is 1. The zero-order chi connectivity index (χ0) is 26.4. The zero-order valence-corrected chi connectivity index (χ0v) is 21.4. The number of hydrogen-bond acceptors (Lipinski definition) is 11. The Morgan fingerprint density at radius 1 is 1.03 bits per heavy atom. The molecule has 3 aliphatic heterocycles. The lowest BCUT2D eigenvalue weighted by Crippen LogP contribution is -2.38. The van der Waals surface area contributed by atoms with Gasteiger partial charge in [-0.1, -0.05) is 30.3 Å². The molecule has 0 aliphatic carbocycles. The Kier molecular flexibility index (Phi) is 6.94. The molecule has 37 heavy (non-hydrogen) atoms. The Morgan fingerprint density at radius 2 is 1.73 bits per heavy atom. The number of nitrogens with one attached hydrogen (secondary N) is 7. The quantitative estimate of drug-likeness (QED) is 0.208. The van der Waals surface area contributed by atoms with Crippen molar-refractivity contribution in [3.63, 3.8) is 0 Å². The van der Waals surface area contributed by atoms with E-state index in [1.807, 2.05) is 6.92 Å². The number of ether oxygens (including phenoxy) is 1. The molecule has 0 aromatic heterocycles. The second-order valence-electron chi connectivity index (χ2n) is 9.06. The van der Waals surface area contributed by atoms with Gasteiger partial charge in [-0.3, -0.25) is 0 Å². The second-order valence-corrected chi connectivity index (χ2v) is 12.2. The van der Waals surface area contributed by atoms with Crippen LogP contribution in [0.5, 0.6) is 0 Å². The minimum atomic E-state index is -4.52. The lowest BCUT2D eigenvalue weighted by molar-refractivity contribution is 0.134. The first-order chi connectivity index (χ1) is 17.5. The summed E-state index contributed by atoms with van der Waals surface area (Å²) in [6.45, 7) is 2.91. The number of sulfonamides is 2. The van der Waals surface area contributed by atoms with E-state index in [4.69, 9.17) is 9.88 Å². The average molecular weight is 553 g/mol. The maximum Gasteiger partial charge on any atom is 0.408 e. The van der Waals surface area contributed by atoms with Crippen molar-refractivity contribution in [3.05, 3.63) is 47.5 Å². The Balaban J connectivity index is 1.62. The van der Waals surface area contributed by atoms with Gasteiger partial charge in [0.1, 0.15) is 22.1 Å². The summed E-state index contributed by atoms with van der Waals surface area (Å²) in [6.07, 6.45) is -1.26. The summed E-state index contributed by atoms with van der Waals surface area (Å²) < 4.78 is 60.4. The largest absolute Gasteiger partial charge is 0.439 e. The van der Waals surface area contributed by atoms with Crippen molar-refractivity contribution in [3.8, 4) is 11.1 Å². The fourth-order valence-corrected chi connectivity index (χ4v) is 7.71. The van der Waals surface area contributed by atoms with Gasteiger partial charge >= 0.3 is 6.09 Å². The summed E-state index contributed by atoms with van der Waals surface area (Å²) in [4.78, 5) is 10.6. The van der Waals surface area contributed by atoms with Gasteiger partial charge in [0.15, 0.2) is 0 Å². The lowest BCUT2D eigenvalue weighted by Gasteiger charge is -2.22. The van der Waals surface area contributed by atoms with E-state index in [0.29, 0.717) is 30.6 Å². The second kappa shape index (κ2) is 9.90. The van der Waals surface area contributed by atoms with Crippen LogP contribution in [-0.2, 0) is 24.8 Å². The van der Waals surface area contributed by atoms with E-state index in [1.54, 1.807) is 30.3 Å². The van der Waals surface area contributed by atoms with Crippen LogP contribution in [0.25, 0.3) is 11.1 Å². The SMILES string of the molecule is C[C@H]1NC(=O)O[C@H]1c1ccc(-c2ccc(S(=O)(=O)N[C@@H]3CCNC3)c(S(N)(=O)=O)c2C2NNNN2)cc1. The standard InChI is InChI=1S/C21H28N8O6S2/c1-11-18(35-21(30)24-11)13-4-2-12(3-5-13)15-6-7-16(37(33,34)27-14-8-9-23-10-14)19(36(22,31)32)17(15)20-25-28-29-26-20/h2-7,11,14,18,20,23,25-29H,8-10H2,1H3,(H,24,30)(H2,22,31,32)/t11-,14-,18-/m1/s1. The van der Waals surface area contributed by atoms with Gasteiger partial charge in [-0.25, -0.2) is 42.3 Å². The molecule has 14 nitrogen and oxygen atoms in total. The number of primary sulfonamides is 1. The molecule has 0 radical (unpaired) electrons. The number of amides is 1. The average Bonchev–Trinajstić information content (AvgIpc) is 3.60. The van der Waals surface area contributed by atoms with Crippen LogP contribution in [0.1, 0.15) is 36.7 Å². The third-order valence-electron chi connectivity index (χ3n) is 6.48. The molecule has 3 atom stereocenters. The van der Waals surface area contributed by atoms with Gasteiger partial charge in [-0.15, -0.1) is 0 Å². The van der Waals surface area contributed by atoms with Crippen LogP contribution < -0.4 is 42.4 Å². The third-order valence-corrected chi connectivity index (χ3v) is 9.19. The number of rotatable bonds is 7. The molecule has 2 aromatic carbocycles. The van der Waals surface area contributed by atoms with Gasteiger partial charge in [0, 0.05) is 18.2 Å². The van der Waals surface area contributed by atoms with Gasteiger partial charge in [0.05, 0.1) is 6.04 Å². The first-order valence-corrected chi connectivity index (χ1v) is 14.6. The van der Waals surface area contributed by atoms with Crippen molar-refractivity contribution in [2.24, 2.45) is 5.14 Å². The first kappa shape index (κ1) is 26.0. The van der Waals surface area contributed by atoms with Gasteiger partial charge in [0.2, 0.25) is 20.0 Å². The molecule has 3 heterocycles. The fraction of sp³-hybridized carbons (Fsp3) is 0.381. The van der Waals surface area contributed by atoms with Gasteiger partial charge in [0.25, 0.3) is 0 Å². The molecule has 9 N–H and O–H groups in total. The number of nitrogens with two attached hydrogens (primary N) is 1. The summed E-state index contributed by atoms with van der Waals surface area (Å²) in [7, 11) is -8.76. The van der Waals surface area contributed by atoms with E-state index < -0.39 is 48.2 Å². The van der Waals surface area contributed by atoms with E-state index in [1.165, 1.54) is 6.07 Å². The van der Waals surface area contributed by atoms with Crippen LogP contribution in [-0.4, -0.2) is 48.1 Å². The van der Waals surface area contributed by atoms with Crippen LogP contribution in [0.3, 0.4) is 0 Å². The molecule has 3 saturated heterocycles. The molecule has 0 saturated carbocycles. The molecule has 0 bridgehead atoms. The Hall–Kier alpha value is -2.67. The number of benzene rings is 2. The van der Waals surface area contributed by atoms with Crippen LogP contribution in [0, 0.1) is 0 Å². The monoisotopic (exact) mass is 552 g/mol. The number of hydrazine groups is 3. The molecule has 0 unspecified atom stereocenters. The van der Waals surface area contributed by atoms with Crippen molar-refractivity contribution in [2.75, 3.05) is 13.1 Å². The molecule has 5 rings (SSSR count). The fourth-order valence-electron chi connectivity index (χ4n) is 4.78. The zero-order valence-electron chi connectivity index (χ0n) is 19.7. The highest BCUT2D eigenvalue weighted by Gasteiger charge is 2.36. The predicted octanol–water partition coefficient (Wildman–Crippen LogP) is -1.07. The summed E-state index contributed by atoms with van der Waals surface area (Å²) in [5.41, 5.74) is 12.8. The van der Waals surface area contributed by atoms with Gasteiger partial charge in [-0.05, 0) is 42.6 Å². The number of carbonyl (C=O) groups is 1. The van der Waals surface area contributed by atoms with Gasteiger partial charge < -0.3 is 15.4 Å². The van der Waals surface area contributed by atoms with Crippen molar-refractivity contribution in [2.45, 2.75) is 47.5 Å². The maximum atomic E-state index is 13.3. The first-order valence-electron chi connectivity index (χ1n) is 11.6. The highest BCUT2D eigenvalue weighted by Crippen LogP contribution is 2.37. The van der Waals surface area contributed by atoms with E-state index in [9.17, 15) is 21.6 Å². The summed E-state index contributed by atoms with van der Waals surface area (Å²) >= 11 is 0. The smallest absolute Gasteiger partial charge is 0.408 e. The molecule has 3 fully saturated rings. The van der Waals surface area contributed by atoms with Crippen molar-refractivity contribution in [1.82, 2.24) is 37.3 Å². The van der Waals surface area contributed by atoms with E-state index in [0.717, 1.165) is 5.56 Å². The Morgan fingerprint density at radius 3 is 2.30 bits per heavy atom. The number of carbonyl (C=O) groups excluding carboxylic acids is 1.